The van der Waals surface area contributed by atoms with Gasteiger partial charge in [0.2, 0.25) is 0 Å². The molecule has 0 aliphatic rings. The van der Waals surface area contributed by atoms with Crippen molar-refractivity contribution in [3.05, 3.63) is 41.2 Å². The first kappa shape index (κ1) is 15.4. The maximum absolute atomic E-state index is 5.40. The Balaban J connectivity index is 2.35. The van der Waals surface area contributed by atoms with E-state index in [4.69, 9.17) is 4.74 Å². The maximum atomic E-state index is 5.40. The molecule has 1 heterocycles. The van der Waals surface area contributed by atoms with Crippen LogP contribution in [0.4, 0.5) is 0 Å². The fourth-order valence-corrected chi connectivity index (χ4v) is 2.34. The van der Waals surface area contributed by atoms with Gasteiger partial charge in [0.25, 0.3) is 0 Å². The van der Waals surface area contributed by atoms with E-state index in [2.05, 4.69) is 22.2 Å². The molecule has 0 saturated carbocycles. The largest absolute Gasteiger partial charge is 0.496 e. The fourth-order valence-electron chi connectivity index (χ4n) is 2.34. The molecule has 1 aromatic heterocycles. The van der Waals surface area contributed by atoms with Crippen molar-refractivity contribution in [3.63, 3.8) is 0 Å². The third kappa shape index (κ3) is 3.58. The highest BCUT2D eigenvalue weighted by molar-refractivity contribution is 5.64. The molecule has 0 aliphatic carbocycles. The molecule has 0 saturated heterocycles. The molecule has 0 spiro atoms. The first-order valence-electron chi connectivity index (χ1n) is 7.35. The number of nitrogens with one attached hydrogen (secondary N) is 1. The summed E-state index contributed by atoms with van der Waals surface area (Å²) in [6.45, 7) is 8.06. The summed E-state index contributed by atoms with van der Waals surface area (Å²) in [5.74, 6) is 1.52. The second kappa shape index (κ2) is 7.18. The SMILES string of the molecule is CCCNCc1c(C)nc(-c2ccccc2OC)nc1C. The van der Waals surface area contributed by atoms with Crippen LogP contribution in [0.1, 0.15) is 30.3 Å². The van der Waals surface area contributed by atoms with Crippen LogP contribution in [0.15, 0.2) is 24.3 Å². The van der Waals surface area contributed by atoms with Crippen molar-refractivity contribution in [1.82, 2.24) is 15.3 Å². The lowest BCUT2D eigenvalue weighted by Gasteiger charge is -2.13. The van der Waals surface area contributed by atoms with Gasteiger partial charge in [-0.2, -0.15) is 0 Å². The fraction of sp³-hybridized carbons (Fsp3) is 0.412. The predicted molar refractivity (Wildman–Crippen MR) is 85.5 cm³/mol. The number of para-hydroxylation sites is 1. The van der Waals surface area contributed by atoms with Crippen molar-refractivity contribution in [2.45, 2.75) is 33.7 Å². The molecule has 4 nitrogen and oxygen atoms in total. The summed E-state index contributed by atoms with van der Waals surface area (Å²) in [7, 11) is 1.67. The Labute approximate surface area is 126 Å². The Kier molecular flexibility index (Phi) is 5.28. The number of aromatic nitrogens is 2. The van der Waals surface area contributed by atoms with E-state index in [1.165, 1.54) is 5.56 Å². The topological polar surface area (TPSA) is 47.0 Å². The third-order valence-corrected chi connectivity index (χ3v) is 3.50. The number of ether oxygens (including phenoxy) is 1. The van der Waals surface area contributed by atoms with Crippen molar-refractivity contribution >= 4 is 0 Å². The molecule has 112 valence electrons. The minimum Gasteiger partial charge on any atom is -0.496 e. The quantitative estimate of drug-likeness (QED) is 0.828. The number of hydrogen-bond donors (Lipinski definition) is 1. The van der Waals surface area contributed by atoms with Crippen LogP contribution in [0.5, 0.6) is 5.75 Å². The molecule has 2 rings (SSSR count). The lowest BCUT2D eigenvalue weighted by atomic mass is 10.1. The van der Waals surface area contributed by atoms with E-state index in [9.17, 15) is 0 Å². The smallest absolute Gasteiger partial charge is 0.163 e. The van der Waals surface area contributed by atoms with Gasteiger partial charge in [-0.05, 0) is 38.9 Å². The van der Waals surface area contributed by atoms with E-state index in [-0.39, 0.29) is 0 Å². The molecule has 0 bridgehead atoms. The molecule has 0 fully saturated rings. The van der Waals surface area contributed by atoms with Crippen LogP contribution in [-0.4, -0.2) is 23.6 Å². The molecule has 1 N–H and O–H groups in total. The van der Waals surface area contributed by atoms with Gasteiger partial charge < -0.3 is 10.1 Å². The highest BCUT2D eigenvalue weighted by Gasteiger charge is 2.12. The molecule has 0 atom stereocenters. The average Bonchev–Trinajstić information content (AvgIpc) is 2.49. The predicted octanol–water partition coefficient (Wildman–Crippen LogP) is 3.27. The highest BCUT2D eigenvalue weighted by Crippen LogP contribution is 2.27. The van der Waals surface area contributed by atoms with Gasteiger partial charge in [-0.3, -0.25) is 0 Å². The van der Waals surface area contributed by atoms with Crippen LogP contribution in [0.2, 0.25) is 0 Å². The van der Waals surface area contributed by atoms with Crippen molar-refractivity contribution in [1.29, 1.82) is 0 Å². The minimum absolute atomic E-state index is 0.724. The van der Waals surface area contributed by atoms with E-state index in [1.807, 2.05) is 38.1 Å². The Morgan fingerprint density at radius 3 is 2.38 bits per heavy atom. The van der Waals surface area contributed by atoms with Gasteiger partial charge in [-0.15, -0.1) is 0 Å². The Morgan fingerprint density at radius 2 is 1.76 bits per heavy atom. The summed E-state index contributed by atoms with van der Waals surface area (Å²) in [5, 5.41) is 3.41. The number of rotatable bonds is 6. The molecular weight excluding hydrogens is 262 g/mol. The van der Waals surface area contributed by atoms with Gasteiger partial charge in [-0.1, -0.05) is 19.1 Å². The van der Waals surface area contributed by atoms with Gasteiger partial charge in [0.05, 0.1) is 12.7 Å². The first-order valence-corrected chi connectivity index (χ1v) is 7.35. The summed E-state index contributed by atoms with van der Waals surface area (Å²) < 4.78 is 5.40. The van der Waals surface area contributed by atoms with Gasteiger partial charge in [0, 0.05) is 23.5 Å². The zero-order chi connectivity index (χ0) is 15.2. The highest BCUT2D eigenvalue weighted by atomic mass is 16.5. The van der Waals surface area contributed by atoms with Crippen LogP contribution in [0.25, 0.3) is 11.4 Å². The van der Waals surface area contributed by atoms with Gasteiger partial charge in [0.15, 0.2) is 5.82 Å². The normalized spacial score (nSPS) is 10.7. The molecule has 2 aromatic rings. The van der Waals surface area contributed by atoms with Crippen LogP contribution >= 0.6 is 0 Å². The lowest BCUT2D eigenvalue weighted by Crippen LogP contribution is -2.17. The Morgan fingerprint density at radius 1 is 1.10 bits per heavy atom. The number of nitrogens with zero attached hydrogens (tertiary/aromatic N) is 2. The van der Waals surface area contributed by atoms with Crippen LogP contribution in [-0.2, 0) is 6.54 Å². The molecule has 0 unspecified atom stereocenters. The summed E-state index contributed by atoms with van der Waals surface area (Å²) in [6, 6.07) is 7.84. The van der Waals surface area contributed by atoms with Crippen molar-refractivity contribution in [3.8, 4) is 17.1 Å². The number of methoxy groups -OCH3 is 1. The summed E-state index contributed by atoms with van der Waals surface area (Å²) in [6.07, 6.45) is 1.12. The number of aryl methyl sites for hydroxylation is 2. The molecule has 21 heavy (non-hydrogen) atoms. The average molecular weight is 285 g/mol. The Bertz CT molecular complexity index is 588. The molecule has 0 aliphatic heterocycles. The standard InChI is InChI=1S/C17H23N3O/c1-5-10-18-11-15-12(2)19-17(20-13(15)3)14-8-6-7-9-16(14)21-4/h6-9,18H,5,10-11H2,1-4H3. The monoisotopic (exact) mass is 285 g/mol. The third-order valence-electron chi connectivity index (χ3n) is 3.50. The van der Waals surface area contributed by atoms with Crippen molar-refractivity contribution in [2.24, 2.45) is 0 Å². The zero-order valence-corrected chi connectivity index (χ0v) is 13.2. The second-order valence-electron chi connectivity index (χ2n) is 5.07. The lowest BCUT2D eigenvalue weighted by molar-refractivity contribution is 0.416. The minimum atomic E-state index is 0.724. The first-order chi connectivity index (χ1) is 10.2. The maximum Gasteiger partial charge on any atom is 0.163 e. The van der Waals surface area contributed by atoms with E-state index in [0.29, 0.717) is 0 Å². The van der Waals surface area contributed by atoms with Crippen molar-refractivity contribution < 1.29 is 4.74 Å². The van der Waals surface area contributed by atoms with E-state index in [0.717, 1.165) is 48.0 Å². The van der Waals surface area contributed by atoms with E-state index in [1.54, 1.807) is 7.11 Å². The van der Waals surface area contributed by atoms with Gasteiger partial charge >= 0.3 is 0 Å². The summed E-state index contributed by atoms with van der Waals surface area (Å²) in [4.78, 5) is 9.32. The van der Waals surface area contributed by atoms with Crippen LogP contribution in [0, 0.1) is 13.8 Å². The van der Waals surface area contributed by atoms with E-state index >= 15 is 0 Å². The summed E-state index contributed by atoms with van der Waals surface area (Å²) >= 11 is 0. The molecule has 4 heteroatoms. The molecule has 0 amide bonds. The zero-order valence-electron chi connectivity index (χ0n) is 13.2. The number of benzene rings is 1. The Hall–Kier alpha value is -1.94. The molecular formula is C17H23N3O. The second-order valence-corrected chi connectivity index (χ2v) is 5.07. The molecule has 0 radical (unpaired) electrons. The summed E-state index contributed by atoms with van der Waals surface area (Å²) in [5.41, 5.74) is 4.15. The molecule has 1 aromatic carbocycles. The van der Waals surface area contributed by atoms with Crippen LogP contribution < -0.4 is 10.1 Å². The van der Waals surface area contributed by atoms with Gasteiger partial charge in [0.1, 0.15) is 5.75 Å². The van der Waals surface area contributed by atoms with Gasteiger partial charge in [-0.25, -0.2) is 9.97 Å². The number of hydrogen-bond acceptors (Lipinski definition) is 4. The van der Waals surface area contributed by atoms with E-state index < -0.39 is 0 Å². The van der Waals surface area contributed by atoms with Crippen LogP contribution in [0.3, 0.4) is 0 Å². The van der Waals surface area contributed by atoms with Crippen molar-refractivity contribution in [2.75, 3.05) is 13.7 Å².